The van der Waals surface area contributed by atoms with Gasteiger partial charge >= 0.3 is 6.36 Å². The maximum Gasteiger partial charge on any atom is 0.573 e. The third kappa shape index (κ3) is 3.37. The maximum atomic E-state index is 13.1. The summed E-state index contributed by atoms with van der Waals surface area (Å²) in [7, 11) is 0. The second kappa shape index (κ2) is 4.79. The van der Waals surface area contributed by atoms with Crippen LogP contribution in [-0.2, 0) is 0 Å². The summed E-state index contributed by atoms with van der Waals surface area (Å²) in [5.41, 5.74) is 6.94. The molecule has 2 rings (SSSR count). The highest BCUT2D eigenvalue weighted by Crippen LogP contribution is 2.29. The van der Waals surface area contributed by atoms with Crippen LogP contribution < -0.4 is 10.5 Å². The predicted octanol–water partition coefficient (Wildman–Crippen LogP) is 3.97. The zero-order chi connectivity index (χ0) is 14.0. The lowest BCUT2D eigenvalue weighted by Crippen LogP contribution is -2.16. The van der Waals surface area contributed by atoms with E-state index in [2.05, 4.69) is 4.74 Å². The average Bonchev–Trinajstić information content (AvgIpc) is 2.31. The molecule has 0 saturated heterocycles. The fourth-order valence-electron chi connectivity index (χ4n) is 1.61. The first-order chi connectivity index (χ1) is 8.85. The molecule has 0 atom stereocenters. The van der Waals surface area contributed by atoms with E-state index < -0.39 is 12.2 Å². The summed E-state index contributed by atoms with van der Waals surface area (Å²) >= 11 is 0. The Labute approximate surface area is 106 Å². The molecule has 100 valence electrons. The number of hydrogen-bond donors (Lipinski definition) is 1. The van der Waals surface area contributed by atoms with Gasteiger partial charge in [-0.3, -0.25) is 0 Å². The van der Waals surface area contributed by atoms with Crippen molar-refractivity contribution in [2.75, 3.05) is 5.73 Å². The number of nitrogens with two attached hydrogens (primary N) is 1. The lowest BCUT2D eigenvalue weighted by molar-refractivity contribution is -0.274. The summed E-state index contributed by atoms with van der Waals surface area (Å²) in [6, 6.07) is 8.87. The van der Waals surface area contributed by atoms with Gasteiger partial charge in [-0.15, -0.1) is 13.2 Å². The van der Waals surface area contributed by atoms with Crippen LogP contribution in [0.5, 0.6) is 5.75 Å². The van der Waals surface area contributed by atoms with Crippen LogP contribution in [0, 0.1) is 5.82 Å². The van der Waals surface area contributed by atoms with Crippen LogP contribution in [0.4, 0.5) is 23.2 Å². The molecule has 2 aromatic carbocycles. The van der Waals surface area contributed by atoms with Gasteiger partial charge in [0, 0.05) is 11.3 Å². The molecule has 2 N–H and O–H groups in total. The molecule has 0 aromatic heterocycles. The molecular weight excluding hydrogens is 262 g/mol. The summed E-state index contributed by atoms with van der Waals surface area (Å²) in [5, 5.41) is 0. The monoisotopic (exact) mass is 271 g/mol. The topological polar surface area (TPSA) is 35.2 Å². The molecule has 0 heterocycles. The summed E-state index contributed by atoms with van der Waals surface area (Å²) in [5.74, 6) is -0.814. The summed E-state index contributed by atoms with van der Waals surface area (Å²) in [6.07, 6.45) is -4.74. The third-order valence-electron chi connectivity index (χ3n) is 2.41. The predicted molar refractivity (Wildman–Crippen MR) is 62.9 cm³/mol. The zero-order valence-corrected chi connectivity index (χ0v) is 9.54. The van der Waals surface area contributed by atoms with Crippen LogP contribution in [0.2, 0.25) is 0 Å². The van der Waals surface area contributed by atoms with Crippen LogP contribution in [0.1, 0.15) is 0 Å². The van der Waals surface area contributed by atoms with Crippen molar-refractivity contribution >= 4 is 5.69 Å². The number of ether oxygens (including phenoxy) is 1. The highest BCUT2D eigenvalue weighted by atomic mass is 19.4. The molecule has 0 unspecified atom stereocenters. The number of rotatable bonds is 2. The lowest BCUT2D eigenvalue weighted by Gasteiger charge is -2.10. The van der Waals surface area contributed by atoms with Crippen LogP contribution >= 0.6 is 0 Å². The van der Waals surface area contributed by atoms with Gasteiger partial charge in [0.15, 0.2) is 0 Å². The van der Waals surface area contributed by atoms with Gasteiger partial charge in [0.2, 0.25) is 0 Å². The highest BCUT2D eigenvalue weighted by molar-refractivity contribution is 5.76. The minimum Gasteiger partial charge on any atom is -0.406 e. The van der Waals surface area contributed by atoms with Crippen LogP contribution in [0.15, 0.2) is 42.5 Å². The highest BCUT2D eigenvalue weighted by Gasteiger charge is 2.30. The number of benzene rings is 2. The Bertz CT molecular complexity index is 578. The van der Waals surface area contributed by atoms with Gasteiger partial charge in [0.1, 0.15) is 11.6 Å². The molecule has 0 aliphatic carbocycles. The Morgan fingerprint density at radius 3 is 2.16 bits per heavy atom. The number of nitrogen functional groups attached to an aromatic ring is 1. The maximum absolute atomic E-state index is 13.1. The van der Waals surface area contributed by atoms with E-state index in [4.69, 9.17) is 5.73 Å². The largest absolute Gasteiger partial charge is 0.573 e. The quantitative estimate of drug-likeness (QED) is 0.662. The standard InChI is InChI=1S/C13H9F4NO/c14-9-3-6-12(18)11(7-9)8-1-4-10(5-2-8)19-13(15,16)17/h1-7H,18H2. The van der Waals surface area contributed by atoms with Crippen molar-refractivity contribution in [3.05, 3.63) is 48.3 Å². The second-order valence-corrected chi connectivity index (χ2v) is 3.80. The molecule has 0 spiro atoms. The lowest BCUT2D eigenvalue weighted by atomic mass is 10.0. The van der Waals surface area contributed by atoms with Gasteiger partial charge in [0.05, 0.1) is 0 Å². The van der Waals surface area contributed by atoms with E-state index >= 15 is 0 Å². The van der Waals surface area contributed by atoms with Gasteiger partial charge in [-0.25, -0.2) is 4.39 Å². The molecular formula is C13H9F4NO. The molecule has 0 fully saturated rings. The molecule has 0 aliphatic heterocycles. The average molecular weight is 271 g/mol. The minimum absolute atomic E-state index is 0.339. The fourth-order valence-corrected chi connectivity index (χ4v) is 1.61. The summed E-state index contributed by atoms with van der Waals surface area (Å²) < 4.78 is 52.8. The first-order valence-electron chi connectivity index (χ1n) is 5.26. The Balaban J connectivity index is 2.30. The molecule has 2 nitrogen and oxygen atoms in total. The number of halogens is 4. The first kappa shape index (κ1) is 13.2. The van der Waals surface area contributed by atoms with Crippen molar-refractivity contribution in [3.8, 4) is 16.9 Å². The first-order valence-corrected chi connectivity index (χ1v) is 5.26. The van der Waals surface area contributed by atoms with Gasteiger partial charge in [0.25, 0.3) is 0 Å². The molecule has 19 heavy (non-hydrogen) atoms. The summed E-state index contributed by atoms with van der Waals surface area (Å²) in [4.78, 5) is 0. The van der Waals surface area contributed by atoms with Crippen molar-refractivity contribution in [1.82, 2.24) is 0 Å². The van der Waals surface area contributed by atoms with E-state index in [1.54, 1.807) is 0 Å². The van der Waals surface area contributed by atoms with E-state index in [0.29, 0.717) is 16.8 Å². The number of anilines is 1. The van der Waals surface area contributed by atoms with E-state index in [9.17, 15) is 17.6 Å². The van der Waals surface area contributed by atoms with Crippen molar-refractivity contribution < 1.29 is 22.3 Å². The summed E-state index contributed by atoms with van der Waals surface area (Å²) in [6.45, 7) is 0. The third-order valence-corrected chi connectivity index (χ3v) is 2.41. The van der Waals surface area contributed by atoms with Gasteiger partial charge in [-0.05, 0) is 35.9 Å². The van der Waals surface area contributed by atoms with E-state index in [0.717, 1.165) is 12.1 Å². The minimum atomic E-state index is -4.74. The Hall–Kier alpha value is -2.24. The van der Waals surface area contributed by atoms with Crippen molar-refractivity contribution in [2.24, 2.45) is 0 Å². The zero-order valence-electron chi connectivity index (χ0n) is 9.54. The normalized spacial score (nSPS) is 11.4. The fraction of sp³-hybridized carbons (Fsp3) is 0.0769. The molecule has 0 saturated carbocycles. The number of hydrogen-bond acceptors (Lipinski definition) is 2. The van der Waals surface area contributed by atoms with Crippen molar-refractivity contribution in [2.45, 2.75) is 6.36 Å². The van der Waals surface area contributed by atoms with E-state index in [1.807, 2.05) is 0 Å². The van der Waals surface area contributed by atoms with Crippen molar-refractivity contribution in [3.63, 3.8) is 0 Å². The molecule has 2 aromatic rings. The number of alkyl halides is 3. The van der Waals surface area contributed by atoms with Gasteiger partial charge in [-0.1, -0.05) is 12.1 Å². The SMILES string of the molecule is Nc1ccc(F)cc1-c1ccc(OC(F)(F)F)cc1. The Kier molecular flexibility index (Phi) is 3.33. The smallest absolute Gasteiger partial charge is 0.406 e. The van der Waals surface area contributed by atoms with Crippen LogP contribution in [-0.4, -0.2) is 6.36 Å². The van der Waals surface area contributed by atoms with Crippen LogP contribution in [0.3, 0.4) is 0 Å². The second-order valence-electron chi connectivity index (χ2n) is 3.80. The molecule has 0 radical (unpaired) electrons. The molecule has 6 heteroatoms. The molecule has 0 bridgehead atoms. The van der Waals surface area contributed by atoms with Gasteiger partial charge in [-0.2, -0.15) is 0 Å². The van der Waals surface area contributed by atoms with E-state index in [1.165, 1.54) is 30.3 Å². The van der Waals surface area contributed by atoms with Crippen LogP contribution in [0.25, 0.3) is 11.1 Å². The molecule has 0 aliphatic rings. The molecule has 0 amide bonds. The van der Waals surface area contributed by atoms with E-state index in [-0.39, 0.29) is 5.75 Å². The van der Waals surface area contributed by atoms with Crippen molar-refractivity contribution in [1.29, 1.82) is 0 Å². The van der Waals surface area contributed by atoms with Gasteiger partial charge < -0.3 is 10.5 Å². The Morgan fingerprint density at radius 1 is 0.947 bits per heavy atom. The Morgan fingerprint density at radius 2 is 1.58 bits per heavy atom.